The van der Waals surface area contributed by atoms with E-state index in [2.05, 4.69) is 21.2 Å². The molecule has 1 heterocycles. The Bertz CT molecular complexity index is 1210. The first-order valence-corrected chi connectivity index (χ1v) is 13.6. The van der Waals surface area contributed by atoms with Gasteiger partial charge in [-0.2, -0.15) is 0 Å². The van der Waals surface area contributed by atoms with Crippen LogP contribution in [-0.2, 0) is 19.1 Å². The Morgan fingerprint density at radius 3 is 2.47 bits per heavy atom. The first-order chi connectivity index (χ1) is 17.9. The average Bonchev–Trinajstić information content (AvgIpc) is 3.64. The molecule has 1 aliphatic carbocycles. The fourth-order valence-electron chi connectivity index (χ4n) is 4.90. The lowest BCUT2D eigenvalue weighted by atomic mass is 10.0. The van der Waals surface area contributed by atoms with Crippen molar-refractivity contribution in [2.24, 2.45) is 5.92 Å². The lowest BCUT2D eigenvalue weighted by molar-refractivity contribution is -0.155. The molecule has 0 saturated heterocycles. The van der Waals surface area contributed by atoms with Crippen LogP contribution in [0.4, 0.5) is 0 Å². The number of carbonyl (C=O) groups excluding carboxylic acids is 3. The van der Waals surface area contributed by atoms with Crippen molar-refractivity contribution in [2.75, 3.05) is 13.7 Å². The Kier molecular flexibility index (Phi) is 8.06. The van der Waals surface area contributed by atoms with Crippen LogP contribution in [-0.4, -0.2) is 54.1 Å². The molecule has 1 fully saturated rings. The molecule has 0 radical (unpaired) electrons. The normalized spacial score (nSPS) is 22.7. The molecule has 2 amide bonds. The highest BCUT2D eigenvalue weighted by molar-refractivity contribution is 9.10. The molecule has 1 saturated carbocycles. The Morgan fingerprint density at radius 1 is 1.18 bits per heavy atom. The van der Waals surface area contributed by atoms with Gasteiger partial charge in [-0.15, -0.1) is 0 Å². The molecule has 1 N–H and O–H groups in total. The average molecular weight is 588 g/mol. The molecule has 2 aromatic rings. The third-order valence-electron chi connectivity index (χ3n) is 6.61. The van der Waals surface area contributed by atoms with Gasteiger partial charge in [-0.3, -0.25) is 14.4 Å². The number of halogens is 1. The monoisotopic (exact) mass is 586 g/mol. The molecule has 0 spiro atoms. The van der Waals surface area contributed by atoms with Gasteiger partial charge < -0.3 is 24.4 Å². The van der Waals surface area contributed by atoms with Crippen LogP contribution < -0.4 is 14.8 Å². The van der Waals surface area contributed by atoms with Crippen molar-refractivity contribution in [2.45, 2.75) is 70.7 Å². The van der Waals surface area contributed by atoms with Crippen LogP contribution in [0.2, 0.25) is 0 Å². The predicted molar refractivity (Wildman–Crippen MR) is 146 cm³/mol. The lowest BCUT2D eigenvalue weighted by Crippen LogP contribution is -2.50. The molecular formula is C29H35BrN2O6. The van der Waals surface area contributed by atoms with Crippen LogP contribution in [0.5, 0.6) is 11.5 Å². The van der Waals surface area contributed by atoms with Gasteiger partial charge in [0.05, 0.1) is 7.11 Å². The molecule has 8 nitrogen and oxygen atoms in total. The van der Waals surface area contributed by atoms with E-state index >= 15 is 0 Å². The van der Waals surface area contributed by atoms with Gasteiger partial charge in [0.15, 0.2) is 17.6 Å². The number of fused-ring (bicyclic) bond motifs is 1. The summed E-state index contributed by atoms with van der Waals surface area (Å²) in [5.74, 6) is -0.634. The minimum atomic E-state index is -1.03. The van der Waals surface area contributed by atoms with E-state index in [0.29, 0.717) is 21.5 Å². The summed E-state index contributed by atoms with van der Waals surface area (Å²) in [7, 11) is 1.52. The molecule has 204 valence electrons. The number of esters is 1. The van der Waals surface area contributed by atoms with Crippen LogP contribution >= 0.6 is 15.9 Å². The van der Waals surface area contributed by atoms with Crippen LogP contribution in [0.25, 0.3) is 0 Å². The van der Waals surface area contributed by atoms with Crippen molar-refractivity contribution < 1.29 is 28.6 Å². The summed E-state index contributed by atoms with van der Waals surface area (Å²) in [6, 6.07) is 12.2. The van der Waals surface area contributed by atoms with E-state index in [1.54, 1.807) is 37.8 Å². The zero-order valence-corrected chi connectivity index (χ0v) is 24.2. The van der Waals surface area contributed by atoms with E-state index in [9.17, 15) is 14.4 Å². The fourth-order valence-corrected chi connectivity index (χ4v) is 5.35. The van der Waals surface area contributed by atoms with Crippen molar-refractivity contribution in [3.05, 3.63) is 58.1 Å². The Morgan fingerprint density at radius 2 is 1.87 bits per heavy atom. The molecule has 4 unspecified atom stereocenters. The largest absolute Gasteiger partial charge is 0.493 e. The Labute approximate surface area is 232 Å². The summed E-state index contributed by atoms with van der Waals surface area (Å²) in [6.45, 7) is 8.79. The first-order valence-electron chi connectivity index (χ1n) is 12.8. The Balaban J connectivity index is 1.77. The van der Waals surface area contributed by atoms with E-state index < -0.39 is 29.6 Å². The van der Waals surface area contributed by atoms with E-state index in [-0.39, 0.29) is 30.3 Å². The van der Waals surface area contributed by atoms with E-state index in [1.165, 1.54) is 7.11 Å². The number of carbonyl (C=O) groups is 3. The summed E-state index contributed by atoms with van der Waals surface area (Å²) >= 11 is 3.51. The van der Waals surface area contributed by atoms with Gasteiger partial charge in [0.25, 0.3) is 5.91 Å². The van der Waals surface area contributed by atoms with Gasteiger partial charge in [0.2, 0.25) is 5.91 Å². The van der Waals surface area contributed by atoms with Gasteiger partial charge in [0, 0.05) is 22.0 Å². The predicted octanol–water partition coefficient (Wildman–Crippen LogP) is 4.76. The lowest BCUT2D eigenvalue weighted by Gasteiger charge is -2.32. The van der Waals surface area contributed by atoms with Gasteiger partial charge in [-0.25, -0.2) is 0 Å². The highest BCUT2D eigenvalue weighted by atomic mass is 79.9. The van der Waals surface area contributed by atoms with Crippen LogP contribution in [0.3, 0.4) is 0 Å². The molecule has 0 aromatic heterocycles. The summed E-state index contributed by atoms with van der Waals surface area (Å²) in [6.07, 6.45) is -0.0961. The first kappa shape index (κ1) is 28.0. The summed E-state index contributed by atoms with van der Waals surface area (Å²) in [4.78, 5) is 42.1. The fraction of sp³-hybridized carbons (Fsp3) is 0.483. The molecule has 4 atom stereocenters. The SMILES string of the molecule is COc1cc(Br)cc2c1OC(C(C)C)C(=O)N(C1CC1c1ccccc1)C2C(=O)NCC(=O)OC(C)(C)C. The quantitative estimate of drug-likeness (QED) is 0.470. The smallest absolute Gasteiger partial charge is 0.325 e. The number of rotatable bonds is 7. The Hall–Kier alpha value is -3.07. The highest BCUT2D eigenvalue weighted by Gasteiger charge is 2.53. The second-order valence-corrected chi connectivity index (χ2v) is 12.0. The third kappa shape index (κ3) is 5.98. The molecule has 2 aliphatic rings. The van der Waals surface area contributed by atoms with Crippen LogP contribution in [0.15, 0.2) is 46.9 Å². The summed E-state index contributed by atoms with van der Waals surface area (Å²) in [5, 5.41) is 2.71. The van der Waals surface area contributed by atoms with Crippen molar-refractivity contribution in [1.82, 2.24) is 10.2 Å². The van der Waals surface area contributed by atoms with Gasteiger partial charge in [-0.1, -0.05) is 60.1 Å². The standard InChI is InChI=1S/C29H35BrN2O6/c1-16(2)25-28(35)32(21-14-19(21)17-10-8-7-9-11-17)24(27(34)31-15-23(33)38-29(3,4)5)20-12-18(30)13-22(36-6)26(20)37-25/h7-13,16,19,21,24-25H,14-15H2,1-6H3,(H,31,34). The molecule has 0 bridgehead atoms. The number of amides is 2. The second-order valence-electron chi connectivity index (χ2n) is 11.1. The second kappa shape index (κ2) is 11.0. The molecular weight excluding hydrogens is 552 g/mol. The van der Waals surface area contributed by atoms with Gasteiger partial charge in [0.1, 0.15) is 18.2 Å². The molecule has 38 heavy (non-hydrogen) atoms. The number of benzene rings is 2. The van der Waals surface area contributed by atoms with E-state index in [1.807, 2.05) is 44.2 Å². The van der Waals surface area contributed by atoms with Crippen molar-refractivity contribution in [3.8, 4) is 11.5 Å². The maximum atomic E-state index is 14.1. The topological polar surface area (TPSA) is 94.2 Å². The third-order valence-corrected chi connectivity index (χ3v) is 7.06. The maximum absolute atomic E-state index is 14.1. The van der Waals surface area contributed by atoms with Gasteiger partial charge in [-0.05, 0) is 50.8 Å². The molecule has 1 aliphatic heterocycles. The molecule has 9 heteroatoms. The van der Waals surface area contributed by atoms with Gasteiger partial charge >= 0.3 is 5.97 Å². The van der Waals surface area contributed by atoms with E-state index in [0.717, 1.165) is 12.0 Å². The number of hydrogen-bond acceptors (Lipinski definition) is 6. The molecule has 2 aromatic carbocycles. The minimum absolute atomic E-state index is 0.0877. The maximum Gasteiger partial charge on any atom is 0.325 e. The number of methoxy groups -OCH3 is 1. The zero-order chi connectivity index (χ0) is 27.8. The van der Waals surface area contributed by atoms with Crippen molar-refractivity contribution in [1.29, 1.82) is 0 Å². The number of ether oxygens (including phenoxy) is 3. The number of nitrogens with one attached hydrogen (secondary N) is 1. The summed E-state index contributed by atoms with van der Waals surface area (Å²) in [5.41, 5.74) is 0.913. The van der Waals surface area contributed by atoms with Crippen LogP contribution in [0, 0.1) is 5.92 Å². The van der Waals surface area contributed by atoms with Crippen LogP contribution in [0.1, 0.15) is 64.1 Å². The van der Waals surface area contributed by atoms with Crippen molar-refractivity contribution in [3.63, 3.8) is 0 Å². The highest BCUT2D eigenvalue weighted by Crippen LogP contribution is 2.51. The minimum Gasteiger partial charge on any atom is -0.493 e. The summed E-state index contributed by atoms with van der Waals surface area (Å²) < 4.78 is 18.0. The van der Waals surface area contributed by atoms with Crippen molar-refractivity contribution >= 4 is 33.7 Å². The number of hydrogen-bond donors (Lipinski definition) is 1. The zero-order valence-electron chi connectivity index (χ0n) is 22.6. The molecule has 4 rings (SSSR count). The number of nitrogens with zero attached hydrogens (tertiary/aromatic N) is 1. The van der Waals surface area contributed by atoms with E-state index in [4.69, 9.17) is 14.2 Å².